The van der Waals surface area contributed by atoms with E-state index in [0.29, 0.717) is 6.42 Å². The van der Waals surface area contributed by atoms with E-state index >= 15 is 0 Å². The first-order chi connectivity index (χ1) is 11.6. The van der Waals surface area contributed by atoms with Crippen LogP contribution in [-0.4, -0.2) is 29.9 Å². The van der Waals surface area contributed by atoms with Gasteiger partial charge in [-0.1, -0.05) is 48.5 Å². The summed E-state index contributed by atoms with van der Waals surface area (Å²) >= 11 is 0. The van der Waals surface area contributed by atoms with Gasteiger partial charge in [0.05, 0.1) is 5.69 Å². The van der Waals surface area contributed by atoms with E-state index in [1.54, 1.807) is 0 Å². The Morgan fingerprint density at radius 1 is 1.00 bits per heavy atom. The van der Waals surface area contributed by atoms with Gasteiger partial charge in [0.2, 0.25) is 5.91 Å². The van der Waals surface area contributed by atoms with Crippen LogP contribution in [0.1, 0.15) is 11.1 Å². The molecular formula is C19H16N2O3. The van der Waals surface area contributed by atoms with Crippen LogP contribution in [0.5, 0.6) is 0 Å². The van der Waals surface area contributed by atoms with Gasteiger partial charge in [0.25, 0.3) is 5.91 Å². The molecule has 0 saturated carbocycles. The van der Waals surface area contributed by atoms with E-state index in [0.717, 1.165) is 16.8 Å². The molecule has 5 nitrogen and oxygen atoms in total. The Morgan fingerprint density at radius 3 is 2.50 bits per heavy atom. The largest absolute Gasteiger partial charge is 0.283 e. The van der Waals surface area contributed by atoms with E-state index in [1.165, 1.54) is 11.9 Å². The summed E-state index contributed by atoms with van der Waals surface area (Å²) in [7, 11) is 1.54. The van der Waals surface area contributed by atoms with Gasteiger partial charge in [0.15, 0.2) is 6.10 Å². The third kappa shape index (κ3) is 1.43. The van der Waals surface area contributed by atoms with Crippen molar-refractivity contribution >= 4 is 17.5 Å². The van der Waals surface area contributed by atoms with E-state index in [4.69, 9.17) is 4.84 Å². The number of fused-ring (bicyclic) bond motifs is 5. The summed E-state index contributed by atoms with van der Waals surface area (Å²) < 4.78 is 0. The number of carbonyl (C=O) groups excluding carboxylic acids is 2. The first kappa shape index (κ1) is 13.7. The van der Waals surface area contributed by atoms with E-state index in [9.17, 15) is 9.59 Å². The third-order valence-electron chi connectivity index (χ3n) is 5.51. The molecule has 3 heterocycles. The summed E-state index contributed by atoms with van der Waals surface area (Å²) in [5, 5.41) is 1.82. The Balaban J connectivity index is 1.76. The van der Waals surface area contributed by atoms with Crippen LogP contribution in [0.15, 0.2) is 54.6 Å². The average Bonchev–Trinajstić information content (AvgIpc) is 3.19. The summed E-state index contributed by atoms with van der Waals surface area (Å²) in [5.41, 5.74) is 2.42. The fourth-order valence-electron chi connectivity index (χ4n) is 4.40. The van der Waals surface area contributed by atoms with Gasteiger partial charge in [-0.25, -0.2) is 5.06 Å². The molecule has 2 amide bonds. The molecule has 2 saturated heterocycles. The van der Waals surface area contributed by atoms with Crippen LogP contribution in [-0.2, 0) is 26.4 Å². The lowest BCUT2D eigenvalue weighted by Crippen LogP contribution is -2.47. The maximum atomic E-state index is 12.9. The minimum Gasteiger partial charge on any atom is -0.283 e. The van der Waals surface area contributed by atoms with E-state index in [2.05, 4.69) is 6.07 Å². The predicted molar refractivity (Wildman–Crippen MR) is 86.9 cm³/mol. The summed E-state index contributed by atoms with van der Waals surface area (Å²) in [5.74, 6) is -0.943. The predicted octanol–water partition coefficient (Wildman–Crippen LogP) is 1.87. The number of likely N-dealkylation sites (N-methyl/N-ethyl adjacent to an activating group) is 1. The summed E-state index contributed by atoms with van der Waals surface area (Å²) in [6, 6.07) is 17.9. The zero-order chi connectivity index (χ0) is 16.5. The number of likely N-dealkylation sites (tertiary alicyclic amines) is 1. The van der Waals surface area contributed by atoms with Gasteiger partial charge >= 0.3 is 0 Å². The van der Waals surface area contributed by atoms with Gasteiger partial charge in [0, 0.05) is 13.5 Å². The molecule has 0 spiro atoms. The molecule has 0 N–H and O–H groups in total. The number of nitrogens with zero attached hydrogens (tertiary/aromatic N) is 2. The lowest BCUT2D eigenvalue weighted by molar-refractivity contribution is -0.141. The van der Waals surface area contributed by atoms with Crippen LogP contribution in [0, 0.1) is 5.92 Å². The number of amides is 2. The molecule has 0 aliphatic carbocycles. The molecule has 24 heavy (non-hydrogen) atoms. The number of imide groups is 1. The van der Waals surface area contributed by atoms with Gasteiger partial charge < -0.3 is 0 Å². The topological polar surface area (TPSA) is 49.9 Å². The molecule has 3 aliphatic rings. The number of hydroxylamine groups is 1. The molecule has 5 heteroatoms. The lowest BCUT2D eigenvalue weighted by atomic mass is 9.75. The van der Waals surface area contributed by atoms with Gasteiger partial charge in [0.1, 0.15) is 11.5 Å². The summed E-state index contributed by atoms with van der Waals surface area (Å²) in [6.07, 6.45) is -0.0858. The smallest absolute Gasteiger partial charge is 0.261 e. The monoisotopic (exact) mass is 320 g/mol. The molecule has 2 aromatic carbocycles. The fraction of sp³-hybridized carbons (Fsp3) is 0.263. The van der Waals surface area contributed by atoms with Crippen molar-refractivity contribution in [3.05, 3.63) is 65.7 Å². The Labute approximate surface area is 139 Å². The van der Waals surface area contributed by atoms with Crippen LogP contribution in [0.2, 0.25) is 0 Å². The highest BCUT2D eigenvalue weighted by molar-refractivity contribution is 6.08. The van der Waals surface area contributed by atoms with Crippen LogP contribution >= 0.6 is 0 Å². The Hall–Kier alpha value is -2.66. The molecule has 2 aromatic rings. The second kappa shape index (κ2) is 4.45. The number of benzene rings is 2. The quantitative estimate of drug-likeness (QED) is 0.753. The molecule has 0 unspecified atom stereocenters. The SMILES string of the molecule is CN1C(=O)[C@@H]2[C@@H](ON3c4ccccc4C[C@]23c2ccccc2)C1=O. The standard InChI is InChI=1S/C19H16N2O3/c1-20-17(22)15-16(18(20)23)24-21-14-10-6-5-7-12(14)11-19(15,21)13-8-3-2-4-9-13/h2-10,15-16H,11H2,1H3/t15-,16+,19-/m0/s1. The second-order valence-corrected chi connectivity index (χ2v) is 6.63. The number of hydrogen-bond donors (Lipinski definition) is 0. The molecule has 5 rings (SSSR count). The molecule has 0 radical (unpaired) electrons. The maximum Gasteiger partial charge on any atom is 0.261 e. The van der Waals surface area contributed by atoms with E-state index < -0.39 is 17.6 Å². The highest BCUT2D eigenvalue weighted by atomic mass is 16.7. The van der Waals surface area contributed by atoms with Gasteiger partial charge in [-0.2, -0.15) is 0 Å². The van der Waals surface area contributed by atoms with Crippen LogP contribution in [0.4, 0.5) is 5.69 Å². The maximum absolute atomic E-state index is 12.9. The molecular weight excluding hydrogens is 304 g/mol. The average molecular weight is 320 g/mol. The first-order valence-corrected chi connectivity index (χ1v) is 8.06. The van der Waals surface area contributed by atoms with Crippen molar-refractivity contribution in [1.29, 1.82) is 0 Å². The Bertz CT molecular complexity index is 866. The Kier molecular flexibility index (Phi) is 2.55. The third-order valence-corrected chi connectivity index (χ3v) is 5.51. The number of carbonyl (C=O) groups is 2. The highest BCUT2D eigenvalue weighted by Gasteiger charge is 2.68. The van der Waals surface area contributed by atoms with Crippen molar-refractivity contribution in [1.82, 2.24) is 4.90 Å². The van der Waals surface area contributed by atoms with Crippen LogP contribution in [0.25, 0.3) is 0 Å². The van der Waals surface area contributed by atoms with Crippen molar-refractivity contribution in [2.75, 3.05) is 12.1 Å². The highest BCUT2D eigenvalue weighted by Crippen LogP contribution is 2.57. The van der Waals surface area contributed by atoms with Gasteiger partial charge in [-0.15, -0.1) is 0 Å². The number of para-hydroxylation sites is 1. The second-order valence-electron chi connectivity index (χ2n) is 6.63. The minimum absolute atomic E-state index is 0.163. The summed E-state index contributed by atoms with van der Waals surface area (Å²) in [6.45, 7) is 0. The van der Waals surface area contributed by atoms with Crippen molar-refractivity contribution in [3.63, 3.8) is 0 Å². The van der Waals surface area contributed by atoms with Crippen molar-refractivity contribution in [2.45, 2.75) is 18.1 Å². The van der Waals surface area contributed by atoms with Crippen molar-refractivity contribution in [2.24, 2.45) is 5.92 Å². The van der Waals surface area contributed by atoms with Crippen molar-refractivity contribution < 1.29 is 14.4 Å². The van der Waals surface area contributed by atoms with E-state index in [-0.39, 0.29) is 11.8 Å². The number of rotatable bonds is 1. The first-order valence-electron chi connectivity index (χ1n) is 8.06. The van der Waals surface area contributed by atoms with Gasteiger partial charge in [-0.05, 0) is 17.2 Å². The minimum atomic E-state index is -0.740. The zero-order valence-corrected chi connectivity index (χ0v) is 13.2. The lowest BCUT2D eigenvalue weighted by Gasteiger charge is -2.35. The van der Waals surface area contributed by atoms with Crippen molar-refractivity contribution in [3.8, 4) is 0 Å². The molecule has 0 aromatic heterocycles. The summed E-state index contributed by atoms with van der Waals surface area (Å²) in [4.78, 5) is 32.6. The molecule has 2 fully saturated rings. The molecule has 3 aliphatic heterocycles. The molecule has 120 valence electrons. The van der Waals surface area contributed by atoms with Gasteiger partial charge in [-0.3, -0.25) is 19.3 Å². The number of anilines is 1. The van der Waals surface area contributed by atoms with Crippen LogP contribution in [0.3, 0.4) is 0 Å². The van der Waals surface area contributed by atoms with E-state index in [1.807, 2.05) is 53.6 Å². The zero-order valence-electron chi connectivity index (χ0n) is 13.2. The molecule has 3 atom stereocenters. The van der Waals surface area contributed by atoms with Crippen LogP contribution < -0.4 is 5.06 Å². The fourth-order valence-corrected chi connectivity index (χ4v) is 4.40. The Morgan fingerprint density at radius 2 is 1.71 bits per heavy atom. The molecule has 0 bridgehead atoms. The normalized spacial score (nSPS) is 30.5. The number of hydrogen-bond acceptors (Lipinski definition) is 4.